The molecule has 0 aliphatic carbocycles. The first-order chi connectivity index (χ1) is 6.68. The van der Waals surface area contributed by atoms with Crippen LogP contribution in [0, 0.1) is 15.9 Å². The van der Waals surface area contributed by atoms with Crippen LogP contribution in [0.25, 0.3) is 10.8 Å². The van der Waals surface area contributed by atoms with E-state index in [1.807, 2.05) is 0 Å². The van der Waals surface area contributed by atoms with Crippen LogP contribution in [-0.2, 0) is 0 Å². The molecule has 0 unspecified atom stereocenters. The quantitative estimate of drug-likeness (QED) is 0.513. The number of nitro benzene ring substituents is 1. The second kappa shape index (κ2) is 3.06. The molecule has 70 valence electrons. The van der Waals surface area contributed by atoms with E-state index in [0.29, 0.717) is 5.39 Å². The minimum Gasteiger partial charge on any atom is -0.258 e. The first-order valence-electron chi connectivity index (χ1n) is 4.01. The molecule has 2 aromatic carbocycles. The zero-order chi connectivity index (χ0) is 10.1. The molecule has 0 bridgehead atoms. The number of hydrogen-bond acceptors (Lipinski definition) is 2. The zero-order valence-electron chi connectivity index (χ0n) is 7.11. The maximum absolute atomic E-state index is 13.2. The van der Waals surface area contributed by atoms with Gasteiger partial charge in [0, 0.05) is 17.5 Å². The molecular weight excluding hydrogens is 185 g/mol. The Morgan fingerprint density at radius 3 is 2.71 bits per heavy atom. The Hall–Kier alpha value is -1.97. The molecule has 0 aromatic heterocycles. The maximum Gasteiger partial charge on any atom is 0.270 e. The fourth-order valence-electron chi connectivity index (χ4n) is 1.34. The number of fused-ring (bicyclic) bond motifs is 1. The van der Waals surface area contributed by atoms with Gasteiger partial charge in [-0.3, -0.25) is 10.1 Å². The molecule has 0 saturated heterocycles. The molecule has 0 spiro atoms. The molecule has 0 aliphatic rings. The van der Waals surface area contributed by atoms with Gasteiger partial charge >= 0.3 is 0 Å². The van der Waals surface area contributed by atoms with Crippen LogP contribution in [0.15, 0.2) is 36.4 Å². The van der Waals surface area contributed by atoms with E-state index in [9.17, 15) is 14.5 Å². The molecule has 0 fully saturated rings. The fraction of sp³-hybridized carbons (Fsp3) is 0. The third kappa shape index (κ3) is 1.31. The van der Waals surface area contributed by atoms with Crippen molar-refractivity contribution in [2.24, 2.45) is 0 Å². The Kier molecular flexibility index (Phi) is 1.89. The number of benzene rings is 2. The van der Waals surface area contributed by atoms with Crippen molar-refractivity contribution in [3.63, 3.8) is 0 Å². The minimum atomic E-state index is -0.536. The summed E-state index contributed by atoms with van der Waals surface area (Å²) in [7, 11) is 0. The van der Waals surface area contributed by atoms with Gasteiger partial charge in [-0.25, -0.2) is 4.39 Å². The van der Waals surface area contributed by atoms with Gasteiger partial charge in [0.15, 0.2) is 0 Å². The number of rotatable bonds is 1. The van der Waals surface area contributed by atoms with E-state index in [2.05, 4.69) is 0 Å². The topological polar surface area (TPSA) is 43.1 Å². The van der Waals surface area contributed by atoms with Gasteiger partial charge in [-0.1, -0.05) is 12.1 Å². The Labute approximate surface area is 78.9 Å². The lowest BCUT2D eigenvalue weighted by atomic mass is 10.1. The normalized spacial score (nSPS) is 10.4. The van der Waals surface area contributed by atoms with Crippen LogP contribution >= 0.6 is 0 Å². The molecule has 0 atom stereocenters. The predicted octanol–water partition coefficient (Wildman–Crippen LogP) is 2.89. The second-order valence-corrected chi connectivity index (χ2v) is 2.90. The molecule has 2 rings (SSSR count). The summed E-state index contributed by atoms with van der Waals surface area (Å²) < 4.78 is 13.2. The van der Waals surface area contributed by atoms with Crippen LogP contribution in [-0.4, -0.2) is 4.92 Å². The Balaban J connectivity index is 2.76. The summed E-state index contributed by atoms with van der Waals surface area (Å²) in [5.74, 6) is -0.439. The van der Waals surface area contributed by atoms with E-state index in [1.165, 1.54) is 24.3 Å². The molecule has 0 saturated carbocycles. The first-order valence-corrected chi connectivity index (χ1v) is 4.01. The average molecular weight is 191 g/mol. The highest BCUT2D eigenvalue weighted by Gasteiger charge is 2.07. The highest BCUT2D eigenvalue weighted by atomic mass is 19.1. The molecule has 0 heterocycles. The number of nitro groups is 1. The summed E-state index contributed by atoms with van der Waals surface area (Å²) in [5.41, 5.74) is -0.0948. The average Bonchev–Trinajstić information content (AvgIpc) is 2.18. The minimum absolute atomic E-state index is 0.0948. The SMILES string of the molecule is O=[N+]([O-])c1ccc2cccc(F)c2c1. The van der Waals surface area contributed by atoms with Crippen LogP contribution in [0.2, 0.25) is 0 Å². The van der Waals surface area contributed by atoms with Crippen molar-refractivity contribution in [2.75, 3.05) is 0 Å². The lowest BCUT2D eigenvalue weighted by Gasteiger charge is -1.98. The van der Waals surface area contributed by atoms with E-state index in [0.717, 1.165) is 0 Å². The number of non-ortho nitro benzene ring substituents is 1. The Morgan fingerprint density at radius 1 is 1.21 bits per heavy atom. The smallest absolute Gasteiger partial charge is 0.258 e. The van der Waals surface area contributed by atoms with Crippen LogP contribution in [0.3, 0.4) is 0 Å². The van der Waals surface area contributed by atoms with Crippen LogP contribution in [0.5, 0.6) is 0 Å². The van der Waals surface area contributed by atoms with Gasteiger partial charge in [0.2, 0.25) is 0 Å². The van der Waals surface area contributed by atoms with Crippen LogP contribution in [0.4, 0.5) is 10.1 Å². The largest absolute Gasteiger partial charge is 0.270 e. The summed E-state index contributed by atoms with van der Waals surface area (Å²) in [6.45, 7) is 0. The maximum atomic E-state index is 13.2. The predicted molar refractivity (Wildman–Crippen MR) is 50.6 cm³/mol. The van der Waals surface area contributed by atoms with Crippen LogP contribution < -0.4 is 0 Å². The highest BCUT2D eigenvalue weighted by molar-refractivity contribution is 5.85. The number of nitrogens with zero attached hydrogens (tertiary/aromatic N) is 1. The van der Waals surface area contributed by atoms with Crippen molar-refractivity contribution in [1.82, 2.24) is 0 Å². The lowest BCUT2D eigenvalue weighted by Crippen LogP contribution is -1.88. The summed E-state index contributed by atoms with van der Waals surface area (Å²) in [6.07, 6.45) is 0. The summed E-state index contributed by atoms with van der Waals surface area (Å²) in [4.78, 5) is 9.90. The van der Waals surface area contributed by atoms with Gasteiger partial charge in [0.1, 0.15) is 5.82 Å². The zero-order valence-corrected chi connectivity index (χ0v) is 7.11. The molecule has 14 heavy (non-hydrogen) atoms. The number of hydrogen-bond donors (Lipinski definition) is 0. The van der Waals surface area contributed by atoms with Crippen LogP contribution in [0.1, 0.15) is 0 Å². The van der Waals surface area contributed by atoms with Gasteiger partial charge in [0.25, 0.3) is 5.69 Å². The lowest BCUT2D eigenvalue weighted by molar-refractivity contribution is -0.384. The first kappa shape index (κ1) is 8.62. The second-order valence-electron chi connectivity index (χ2n) is 2.90. The van der Waals surface area contributed by atoms with Crippen molar-refractivity contribution in [3.8, 4) is 0 Å². The summed E-state index contributed by atoms with van der Waals surface area (Å²) in [5, 5.41) is 11.4. The number of halogens is 1. The third-order valence-electron chi connectivity index (χ3n) is 2.02. The van der Waals surface area contributed by atoms with E-state index in [-0.39, 0.29) is 11.1 Å². The van der Waals surface area contributed by atoms with Crippen molar-refractivity contribution in [2.45, 2.75) is 0 Å². The molecule has 0 N–H and O–H groups in total. The molecule has 2 aromatic rings. The van der Waals surface area contributed by atoms with Gasteiger partial charge in [-0.15, -0.1) is 0 Å². The standard InChI is InChI=1S/C10H6FNO2/c11-10-3-1-2-7-4-5-8(12(13)14)6-9(7)10/h1-6H. The van der Waals surface area contributed by atoms with Crippen molar-refractivity contribution in [3.05, 3.63) is 52.3 Å². The molecule has 0 aliphatic heterocycles. The van der Waals surface area contributed by atoms with Crippen molar-refractivity contribution in [1.29, 1.82) is 0 Å². The van der Waals surface area contributed by atoms with Gasteiger partial charge in [-0.05, 0) is 17.5 Å². The van der Waals surface area contributed by atoms with Crippen molar-refractivity contribution >= 4 is 16.5 Å². The van der Waals surface area contributed by atoms with E-state index >= 15 is 0 Å². The molecule has 0 amide bonds. The van der Waals surface area contributed by atoms with Gasteiger partial charge < -0.3 is 0 Å². The molecule has 3 nitrogen and oxygen atoms in total. The van der Waals surface area contributed by atoms with Crippen molar-refractivity contribution < 1.29 is 9.31 Å². The summed E-state index contributed by atoms with van der Waals surface area (Å²) in [6, 6.07) is 8.71. The molecule has 0 radical (unpaired) electrons. The van der Waals surface area contributed by atoms with E-state index < -0.39 is 10.7 Å². The Bertz CT molecular complexity index is 510. The highest BCUT2D eigenvalue weighted by Crippen LogP contribution is 2.22. The monoisotopic (exact) mass is 191 g/mol. The Morgan fingerprint density at radius 2 is 2.00 bits per heavy atom. The van der Waals surface area contributed by atoms with E-state index in [4.69, 9.17) is 0 Å². The van der Waals surface area contributed by atoms with E-state index in [1.54, 1.807) is 12.1 Å². The summed E-state index contributed by atoms with van der Waals surface area (Å²) >= 11 is 0. The molecular formula is C10H6FNO2. The molecule has 4 heteroatoms. The third-order valence-corrected chi connectivity index (χ3v) is 2.02. The fourth-order valence-corrected chi connectivity index (χ4v) is 1.34. The van der Waals surface area contributed by atoms with Gasteiger partial charge in [-0.2, -0.15) is 0 Å². The van der Waals surface area contributed by atoms with Gasteiger partial charge in [0.05, 0.1) is 4.92 Å².